The molecule has 1 atom stereocenters. The third-order valence-electron chi connectivity index (χ3n) is 2.76. The summed E-state index contributed by atoms with van der Waals surface area (Å²) < 4.78 is 0. The molecule has 1 fully saturated rings. The summed E-state index contributed by atoms with van der Waals surface area (Å²) in [5, 5.41) is 9.73. The SMILES string of the molecule is N=C(N)CCN1C(=O)NC(c2ccccc2)C1=O. The molecular formula is C12H14N4O2. The highest BCUT2D eigenvalue weighted by Gasteiger charge is 2.38. The van der Waals surface area contributed by atoms with Gasteiger partial charge in [-0.25, -0.2) is 4.79 Å². The second-order valence-electron chi connectivity index (χ2n) is 4.06. The zero-order valence-corrected chi connectivity index (χ0v) is 9.72. The van der Waals surface area contributed by atoms with Crippen molar-refractivity contribution in [2.24, 2.45) is 5.73 Å². The molecule has 6 heteroatoms. The average Bonchev–Trinajstić information content (AvgIpc) is 2.63. The molecule has 1 aliphatic heterocycles. The van der Waals surface area contributed by atoms with Crippen LogP contribution in [0.3, 0.4) is 0 Å². The number of amides is 3. The van der Waals surface area contributed by atoms with Gasteiger partial charge in [-0.15, -0.1) is 0 Å². The Morgan fingerprint density at radius 1 is 1.33 bits per heavy atom. The minimum absolute atomic E-state index is 0.0428. The van der Waals surface area contributed by atoms with E-state index in [4.69, 9.17) is 11.1 Å². The fourth-order valence-corrected chi connectivity index (χ4v) is 1.83. The van der Waals surface area contributed by atoms with E-state index in [1.165, 1.54) is 0 Å². The van der Waals surface area contributed by atoms with Crippen molar-refractivity contribution in [3.63, 3.8) is 0 Å². The Morgan fingerprint density at radius 3 is 2.61 bits per heavy atom. The summed E-state index contributed by atoms with van der Waals surface area (Å²) in [5.74, 6) is -0.341. The van der Waals surface area contributed by atoms with Gasteiger partial charge in [-0.2, -0.15) is 0 Å². The lowest BCUT2D eigenvalue weighted by Gasteiger charge is -2.12. The molecule has 94 valence electrons. The van der Waals surface area contributed by atoms with Crippen molar-refractivity contribution in [3.05, 3.63) is 35.9 Å². The van der Waals surface area contributed by atoms with Crippen LogP contribution in [0.4, 0.5) is 4.79 Å². The predicted octanol–water partition coefficient (Wildman–Crippen LogP) is 0.606. The lowest BCUT2D eigenvalue weighted by Crippen LogP contribution is -2.33. The molecule has 4 N–H and O–H groups in total. The van der Waals surface area contributed by atoms with Crippen LogP contribution in [-0.4, -0.2) is 29.2 Å². The molecule has 0 saturated carbocycles. The molecule has 0 bridgehead atoms. The minimum atomic E-state index is -0.634. The zero-order chi connectivity index (χ0) is 13.1. The Kier molecular flexibility index (Phi) is 3.27. The first kappa shape index (κ1) is 12.1. The summed E-state index contributed by atoms with van der Waals surface area (Å²) in [4.78, 5) is 24.8. The van der Waals surface area contributed by atoms with E-state index < -0.39 is 12.1 Å². The molecule has 0 aliphatic carbocycles. The molecule has 6 nitrogen and oxygen atoms in total. The number of nitrogens with one attached hydrogen (secondary N) is 2. The van der Waals surface area contributed by atoms with Crippen molar-refractivity contribution in [1.82, 2.24) is 10.2 Å². The van der Waals surface area contributed by atoms with Gasteiger partial charge in [0.15, 0.2) is 0 Å². The van der Waals surface area contributed by atoms with Gasteiger partial charge >= 0.3 is 6.03 Å². The number of amidine groups is 1. The van der Waals surface area contributed by atoms with Crippen molar-refractivity contribution >= 4 is 17.8 Å². The number of hydrogen-bond acceptors (Lipinski definition) is 3. The molecule has 0 radical (unpaired) electrons. The number of carbonyl (C=O) groups excluding carboxylic acids is 2. The van der Waals surface area contributed by atoms with Gasteiger partial charge in [0.25, 0.3) is 5.91 Å². The van der Waals surface area contributed by atoms with E-state index in [1.807, 2.05) is 18.2 Å². The lowest BCUT2D eigenvalue weighted by molar-refractivity contribution is -0.127. The maximum atomic E-state index is 12.1. The van der Waals surface area contributed by atoms with Crippen molar-refractivity contribution in [2.45, 2.75) is 12.5 Å². The second kappa shape index (κ2) is 4.87. The molecule has 1 heterocycles. The molecule has 1 saturated heterocycles. The van der Waals surface area contributed by atoms with Crippen LogP contribution in [0, 0.1) is 5.41 Å². The second-order valence-corrected chi connectivity index (χ2v) is 4.06. The highest BCUT2D eigenvalue weighted by Crippen LogP contribution is 2.21. The smallest absolute Gasteiger partial charge is 0.325 e. The summed E-state index contributed by atoms with van der Waals surface area (Å²) in [6.45, 7) is 0.142. The maximum Gasteiger partial charge on any atom is 0.325 e. The summed E-state index contributed by atoms with van der Waals surface area (Å²) in [6.07, 6.45) is 0.195. The van der Waals surface area contributed by atoms with Gasteiger partial charge < -0.3 is 11.1 Å². The first-order valence-corrected chi connectivity index (χ1v) is 5.59. The summed E-state index contributed by atoms with van der Waals surface area (Å²) >= 11 is 0. The van der Waals surface area contributed by atoms with E-state index in [-0.39, 0.29) is 24.7 Å². The van der Waals surface area contributed by atoms with Gasteiger partial charge in [-0.1, -0.05) is 30.3 Å². The van der Waals surface area contributed by atoms with Gasteiger partial charge in [-0.05, 0) is 5.56 Å². The quantitative estimate of drug-likeness (QED) is 0.412. The molecule has 1 aromatic carbocycles. The van der Waals surface area contributed by atoms with E-state index in [9.17, 15) is 9.59 Å². The van der Waals surface area contributed by atoms with Crippen LogP contribution in [0.5, 0.6) is 0 Å². The fourth-order valence-electron chi connectivity index (χ4n) is 1.83. The van der Waals surface area contributed by atoms with Crippen molar-refractivity contribution in [2.75, 3.05) is 6.54 Å². The highest BCUT2D eigenvalue weighted by molar-refractivity contribution is 6.04. The van der Waals surface area contributed by atoms with Crippen LogP contribution in [0.1, 0.15) is 18.0 Å². The number of nitrogens with zero attached hydrogens (tertiary/aromatic N) is 1. The van der Waals surface area contributed by atoms with Crippen molar-refractivity contribution < 1.29 is 9.59 Å². The molecule has 0 aromatic heterocycles. The number of hydrogen-bond donors (Lipinski definition) is 3. The van der Waals surface area contributed by atoms with E-state index >= 15 is 0 Å². The van der Waals surface area contributed by atoms with Crippen LogP contribution in [-0.2, 0) is 4.79 Å². The van der Waals surface area contributed by atoms with Crippen LogP contribution >= 0.6 is 0 Å². The number of imide groups is 1. The molecular weight excluding hydrogens is 232 g/mol. The first-order chi connectivity index (χ1) is 8.59. The van der Waals surface area contributed by atoms with Gasteiger partial charge in [0.05, 0.1) is 5.84 Å². The summed E-state index contributed by atoms with van der Waals surface area (Å²) in [5.41, 5.74) is 5.97. The van der Waals surface area contributed by atoms with Gasteiger partial charge in [0.1, 0.15) is 6.04 Å². The number of urea groups is 1. The lowest BCUT2D eigenvalue weighted by atomic mass is 10.1. The largest absolute Gasteiger partial charge is 0.388 e. The van der Waals surface area contributed by atoms with E-state index in [0.29, 0.717) is 0 Å². The number of rotatable bonds is 4. The zero-order valence-electron chi connectivity index (χ0n) is 9.72. The summed E-state index contributed by atoms with van der Waals surface area (Å²) in [7, 11) is 0. The van der Waals surface area contributed by atoms with Crippen LogP contribution < -0.4 is 11.1 Å². The van der Waals surface area contributed by atoms with Crippen LogP contribution in [0.2, 0.25) is 0 Å². The van der Waals surface area contributed by atoms with Gasteiger partial charge in [0.2, 0.25) is 0 Å². The standard InChI is InChI=1S/C12H14N4O2/c13-9(14)6-7-16-11(17)10(15-12(16)18)8-4-2-1-3-5-8/h1-5,10H,6-7H2,(H3,13,14)(H,15,18). The maximum absolute atomic E-state index is 12.1. The number of benzene rings is 1. The molecule has 1 unspecified atom stereocenters. The Bertz CT molecular complexity index is 486. The van der Waals surface area contributed by atoms with E-state index in [0.717, 1.165) is 10.5 Å². The van der Waals surface area contributed by atoms with Gasteiger partial charge in [0, 0.05) is 13.0 Å². The molecule has 0 spiro atoms. The molecule has 3 amide bonds. The first-order valence-electron chi connectivity index (χ1n) is 5.59. The monoisotopic (exact) mass is 246 g/mol. The molecule has 2 rings (SSSR count). The minimum Gasteiger partial charge on any atom is -0.388 e. The van der Waals surface area contributed by atoms with Crippen LogP contribution in [0.15, 0.2) is 30.3 Å². The Morgan fingerprint density at radius 2 is 2.00 bits per heavy atom. The van der Waals surface area contributed by atoms with Crippen molar-refractivity contribution in [1.29, 1.82) is 5.41 Å². The third-order valence-corrected chi connectivity index (χ3v) is 2.76. The molecule has 18 heavy (non-hydrogen) atoms. The van der Waals surface area contributed by atoms with E-state index in [1.54, 1.807) is 12.1 Å². The van der Waals surface area contributed by atoms with Gasteiger partial charge in [-0.3, -0.25) is 15.1 Å². The fraction of sp³-hybridized carbons (Fsp3) is 0.250. The predicted molar refractivity (Wildman–Crippen MR) is 66.0 cm³/mol. The van der Waals surface area contributed by atoms with Crippen LogP contribution in [0.25, 0.3) is 0 Å². The highest BCUT2D eigenvalue weighted by atomic mass is 16.2. The number of nitrogens with two attached hydrogens (primary N) is 1. The Hall–Kier alpha value is -2.37. The topological polar surface area (TPSA) is 99.3 Å². The Balaban J connectivity index is 2.12. The molecule has 1 aromatic rings. The normalized spacial score (nSPS) is 18.9. The number of carbonyl (C=O) groups is 2. The Labute approximate surface area is 104 Å². The van der Waals surface area contributed by atoms with E-state index in [2.05, 4.69) is 5.32 Å². The summed E-state index contributed by atoms with van der Waals surface area (Å²) in [6, 6.07) is 7.98. The average molecular weight is 246 g/mol. The van der Waals surface area contributed by atoms with Crippen molar-refractivity contribution in [3.8, 4) is 0 Å². The third kappa shape index (κ3) is 2.32. The molecule has 1 aliphatic rings.